The summed E-state index contributed by atoms with van der Waals surface area (Å²) in [4.78, 5) is 26.8. The minimum atomic E-state index is -2.50. The van der Waals surface area contributed by atoms with E-state index in [1.165, 1.54) is 0 Å². The van der Waals surface area contributed by atoms with Crippen molar-refractivity contribution in [3.63, 3.8) is 0 Å². The number of ether oxygens (including phenoxy) is 2. The number of esters is 2. The van der Waals surface area contributed by atoms with Gasteiger partial charge in [-0.15, -0.1) is 0 Å². The number of carbonyl (C=O) groups excluding carboxylic acids is 2. The lowest BCUT2D eigenvalue weighted by Gasteiger charge is -2.51. The maximum Gasteiger partial charge on any atom is 0.310 e. The average Bonchev–Trinajstić information content (AvgIpc) is 3.08. The van der Waals surface area contributed by atoms with E-state index in [0.29, 0.717) is 19.6 Å². The molecule has 6 atom stereocenters. The number of hydrogen-bond acceptors (Lipinski definition) is 5. The molecule has 1 aromatic rings. The van der Waals surface area contributed by atoms with Crippen LogP contribution in [0.2, 0.25) is 15.6 Å². The van der Waals surface area contributed by atoms with Crippen molar-refractivity contribution in [2.24, 2.45) is 17.8 Å². The summed E-state index contributed by atoms with van der Waals surface area (Å²) in [5.41, 5.74) is 1.32. The standard InChI is InChI=1S/C28H44O5Si/c1-10-31-25(29)21-17-20(19-15-13-12-14-16-19)24-22(23(21)26(30)32-11-2)18(3)34(33-24,27(4,5)6)28(7,8)9/h12-16,18,20-24H,10-11,17H2,1-9H3/t18-,20+,21+,22+,23-,24-/m0/s1. The number of hydrogen-bond donors (Lipinski definition) is 0. The number of fused-ring (bicyclic) bond motifs is 1. The van der Waals surface area contributed by atoms with Gasteiger partial charge in [-0.05, 0) is 41.4 Å². The number of rotatable bonds is 5. The van der Waals surface area contributed by atoms with Crippen molar-refractivity contribution >= 4 is 20.3 Å². The quantitative estimate of drug-likeness (QED) is 0.350. The van der Waals surface area contributed by atoms with Gasteiger partial charge in [-0.2, -0.15) is 0 Å². The normalized spacial score (nSPS) is 31.0. The molecule has 2 fully saturated rings. The molecule has 0 amide bonds. The fourth-order valence-corrected chi connectivity index (χ4v) is 15.2. The zero-order valence-electron chi connectivity index (χ0n) is 22.5. The van der Waals surface area contributed by atoms with Gasteiger partial charge < -0.3 is 13.9 Å². The minimum Gasteiger partial charge on any atom is -0.466 e. The first kappa shape index (κ1) is 26.9. The van der Waals surface area contributed by atoms with E-state index in [2.05, 4.69) is 60.6 Å². The Hall–Kier alpha value is -1.66. The first-order valence-electron chi connectivity index (χ1n) is 12.9. The second kappa shape index (κ2) is 9.77. The van der Waals surface area contributed by atoms with E-state index in [1.54, 1.807) is 0 Å². The Kier molecular flexibility index (Phi) is 7.74. The molecule has 1 aromatic carbocycles. The second-order valence-electron chi connectivity index (χ2n) is 12.1. The Morgan fingerprint density at radius 1 is 0.941 bits per heavy atom. The molecule has 0 spiro atoms. The summed E-state index contributed by atoms with van der Waals surface area (Å²) in [5, 5.41) is -0.107. The topological polar surface area (TPSA) is 61.8 Å². The van der Waals surface area contributed by atoms with E-state index in [9.17, 15) is 9.59 Å². The molecular formula is C28H44O5Si. The zero-order valence-corrected chi connectivity index (χ0v) is 23.5. The summed E-state index contributed by atoms with van der Waals surface area (Å²) < 4.78 is 18.5. The fraction of sp³-hybridized carbons (Fsp3) is 0.714. The summed E-state index contributed by atoms with van der Waals surface area (Å²) in [6.07, 6.45) is 0.390. The van der Waals surface area contributed by atoms with Crippen LogP contribution >= 0.6 is 0 Å². The third-order valence-corrected chi connectivity index (χ3v) is 15.0. The highest BCUT2D eigenvalue weighted by molar-refractivity contribution is 6.81. The molecule has 2 aliphatic rings. The Balaban J connectivity index is 2.23. The van der Waals surface area contributed by atoms with E-state index in [1.807, 2.05) is 32.0 Å². The van der Waals surface area contributed by atoms with Crippen LogP contribution in [0.5, 0.6) is 0 Å². The maximum absolute atomic E-state index is 13.5. The molecule has 0 bridgehead atoms. The highest BCUT2D eigenvalue weighted by Gasteiger charge is 2.70. The molecule has 6 heteroatoms. The van der Waals surface area contributed by atoms with Crippen molar-refractivity contribution < 1.29 is 23.5 Å². The Morgan fingerprint density at radius 2 is 1.47 bits per heavy atom. The van der Waals surface area contributed by atoms with Gasteiger partial charge in [-0.1, -0.05) is 78.8 Å². The molecule has 5 nitrogen and oxygen atoms in total. The average molecular weight is 489 g/mol. The first-order valence-corrected chi connectivity index (χ1v) is 14.9. The SMILES string of the molecule is CCOC(=O)[C@@H]1[C@@H]2[C@@H](O[Si](C(C)(C)C)(C(C)(C)C)[C@H]2C)[C@@H](c2ccccc2)C[C@H]1C(=O)OCC. The van der Waals surface area contributed by atoms with Crippen molar-refractivity contribution in [3.8, 4) is 0 Å². The molecule has 1 aliphatic heterocycles. The van der Waals surface area contributed by atoms with Crippen LogP contribution in [-0.4, -0.2) is 39.6 Å². The van der Waals surface area contributed by atoms with Crippen molar-refractivity contribution in [1.82, 2.24) is 0 Å². The fourth-order valence-electron chi connectivity index (χ4n) is 7.57. The number of carbonyl (C=O) groups is 2. The Morgan fingerprint density at radius 3 is 1.97 bits per heavy atom. The molecule has 1 saturated heterocycles. The molecule has 0 N–H and O–H groups in total. The van der Waals surface area contributed by atoms with Gasteiger partial charge in [-0.25, -0.2) is 0 Å². The molecule has 1 aliphatic carbocycles. The molecule has 1 saturated carbocycles. The van der Waals surface area contributed by atoms with Crippen molar-refractivity contribution in [3.05, 3.63) is 35.9 Å². The van der Waals surface area contributed by atoms with Crippen LogP contribution < -0.4 is 0 Å². The van der Waals surface area contributed by atoms with Crippen LogP contribution in [-0.2, 0) is 23.5 Å². The van der Waals surface area contributed by atoms with Crippen molar-refractivity contribution in [2.45, 2.75) is 96.4 Å². The van der Waals surface area contributed by atoms with Gasteiger partial charge in [0.05, 0.1) is 31.2 Å². The van der Waals surface area contributed by atoms with E-state index >= 15 is 0 Å². The van der Waals surface area contributed by atoms with Crippen LogP contribution in [0.4, 0.5) is 0 Å². The van der Waals surface area contributed by atoms with Crippen molar-refractivity contribution in [2.75, 3.05) is 13.2 Å². The lowest BCUT2D eigenvalue weighted by Crippen LogP contribution is -2.55. The molecule has 34 heavy (non-hydrogen) atoms. The highest BCUT2D eigenvalue weighted by Crippen LogP contribution is 2.68. The largest absolute Gasteiger partial charge is 0.466 e. The second-order valence-corrected chi connectivity index (χ2v) is 17.7. The van der Waals surface area contributed by atoms with Crippen LogP contribution in [0, 0.1) is 17.8 Å². The molecule has 0 radical (unpaired) electrons. The molecular weight excluding hydrogens is 444 g/mol. The summed E-state index contributed by atoms with van der Waals surface area (Å²) in [5.74, 6) is -1.76. The molecule has 190 valence electrons. The summed E-state index contributed by atoms with van der Waals surface area (Å²) in [6.45, 7) is 20.2. The summed E-state index contributed by atoms with van der Waals surface area (Å²) >= 11 is 0. The zero-order chi connectivity index (χ0) is 25.5. The van der Waals surface area contributed by atoms with Crippen LogP contribution in [0.3, 0.4) is 0 Å². The van der Waals surface area contributed by atoms with Gasteiger partial charge in [0.25, 0.3) is 0 Å². The molecule has 1 heterocycles. The Bertz CT molecular complexity index is 855. The highest BCUT2D eigenvalue weighted by atomic mass is 28.4. The molecule has 0 aromatic heterocycles. The van der Waals surface area contributed by atoms with E-state index in [0.717, 1.165) is 5.56 Å². The van der Waals surface area contributed by atoms with E-state index in [4.69, 9.17) is 13.9 Å². The van der Waals surface area contributed by atoms with Gasteiger partial charge >= 0.3 is 11.9 Å². The Labute approximate surface area is 207 Å². The van der Waals surface area contributed by atoms with Gasteiger partial charge in [-0.3, -0.25) is 9.59 Å². The maximum atomic E-state index is 13.5. The number of benzene rings is 1. The lowest BCUT2D eigenvalue weighted by atomic mass is 9.63. The predicted molar refractivity (Wildman–Crippen MR) is 137 cm³/mol. The van der Waals surface area contributed by atoms with E-state index < -0.39 is 20.2 Å². The molecule has 3 rings (SSSR count). The lowest BCUT2D eigenvalue weighted by molar-refractivity contribution is -0.168. The van der Waals surface area contributed by atoms with Gasteiger partial charge in [0.15, 0.2) is 0 Å². The first-order chi connectivity index (χ1) is 15.8. The van der Waals surface area contributed by atoms with Crippen LogP contribution in [0.25, 0.3) is 0 Å². The summed E-state index contributed by atoms with van der Waals surface area (Å²) in [7, 11) is -2.50. The van der Waals surface area contributed by atoms with Gasteiger partial charge in [0, 0.05) is 11.8 Å². The smallest absolute Gasteiger partial charge is 0.310 e. The molecule has 0 unspecified atom stereocenters. The predicted octanol–water partition coefficient (Wildman–Crippen LogP) is 6.48. The van der Waals surface area contributed by atoms with Crippen molar-refractivity contribution in [1.29, 1.82) is 0 Å². The summed E-state index contributed by atoms with van der Waals surface area (Å²) in [6, 6.07) is 10.3. The minimum absolute atomic E-state index is 0.0211. The van der Waals surface area contributed by atoms with E-state index in [-0.39, 0.29) is 45.5 Å². The monoisotopic (exact) mass is 488 g/mol. The van der Waals surface area contributed by atoms with Crippen LogP contribution in [0.1, 0.15) is 80.2 Å². The third-order valence-electron chi connectivity index (χ3n) is 8.28. The van der Waals surface area contributed by atoms with Gasteiger partial charge in [0.2, 0.25) is 8.32 Å². The van der Waals surface area contributed by atoms with Crippen LogP contribution in [0.15, 0.2) is 30.3 Å². The van der Waals surface area contributed by atoms with Gasteiger partial charge in [0.1, 0.15) is 0 Å². The third kappa shape index (κ3) is 4.37.